The molecule has 1 amide bonds. The van der Waals surface area contributed by atoms with Gasteiger partial charge in [-0.3, -0.25) is 14.8 Å². The summed E-state index contributed by atoms with van der Waals surface area (Å²) in [6.07, 6.45) is 3.21. The highest BCUT2D eigenvalue weighted by atomic mass is 16.1. The van der Waals surface area contributed by atoms with E-state index in [4.69, 9.17) is 0 Å². The van der Waals surface area contributed by atoms with Crippen molar-refractivity contribution in [2.45, 2.75) is 0 Å². The third-order valence-corrected chi connectivity index (χ3v) is 1.89. The SMILES string of the molecule is [CH2]NC(=O)c1ccc2nccnc2c1. The average molecular weight is 186 g/mol. The molecule has 0 aliphatic heterocycles. The molecule has 1 heterocycles. The standard InChI is InChI=1S/C10H8N3O/c1-11-10(14)7-2-3-8-9(6-7)13-5-4-12-8/h2-6H,1H2,(H,11,14). The van der Waals surface area contributed by atoms with Crippen LogP contribution in [0, 0.1) is 7.05 Å². The highest BCUT2D eigenvalue weighted by Gasteiger charge is 2.04. The molecule has 0 aliphatic rings. The van der Waals surface area contributed by atoms with Gasteiger partial charge in [-0.15, -0.1) is 0 Å². The molecule has 0 spiro atoms. The van der Waals surface area contributed by atoms with Gasteiger partial charge in [-0.1, -0.05) is 0 Å². The van der Waals surface area contributed by atoms with Crippen molar-refractivity contribution in [3.8, 4) is 0 Å². The molecule has 2 aromatic rings. The van der Waals surface area contributed by atoms with Crippen LogP contribution in [-0.4, -0.2) is 15.9 Å². The maximum absolute atomic E-state index is 11.2. The Morgan fingerprint density at radius 1 is 1.21 bits per heavy atom. The van der Waals surface area contributed by atoms with Crippen LogP contribution >= 0.6 is 0 Å². The Morgan fingerprint density at radius 2 is 1.93 bits per heavy atom. The molecule has 0 saturated carbocycles. The van der Waals surface area contributed by atoms with Crippen LogP contribution in [0.2, 0.25) is 0 Å². The maximum atomic E-state index is 11.2. The first-order valence-corrected chi connectivity index (χ1v) is 4.09. The van der Waals surface area contributed by atoms with E-state index >= 15 is 0 Å². The molecule has 1 aromatic heterocycles. The zero-order chi connectivity index (χ0) is 9.97. The normalized spacial score (nSPS) is 10.1. The number of benzene rings is 1. The zero-order valence-corrected chi connectivity index (χ0v) is 7.40. The van der Waals surface area contributed by atoms with Gasteiger partial charge in [0.2, 0.25) is 0 Å². The maximum Gasteiger partial charge on any atom is 0.251 e. The summed E-state index contributed by atoms with van der Waals surface area (Å²) in [7, 11) is 3.31. The van der Waals surface area contributed by atoms with Gasteiger partial charge in [-0.25, -0.2) is 0 Å². The molecule has 4 nitrogen and oxygen atoms in total. The van der Waals surface area contributed by atoms with Gasteiger partial charge in [-0.05, 0) is 18.2 Å². The van der Waals surface area contributed by atoms with Crippen LogP contribution in [0.5, 0.6) is 0 Å². The summed E-state index contributed by atoms with van der Waals surface area (Å²) in [5, 5.41) is 2.31. The van der Waals surface area contributed by atoms with Crippen LogP contribution in [0.3, 0.4) is 0 Å². The molecule has 69 valence electrons. The number of nitrogens with zero attached hydrogens (tertiary/aromatic N) is 2. The van der Waals surface area contributed by atoms with E-state index in [2.05, 4.69) is 22.3 Å². The second kappa shape index (κ2) is 3.41. The van der Waals surface area contributed by atoms with Gasteiger partial charge in [-0.2, -0.15) is 0 Å². The Bertz CT molecular complexity index is 482. The summed E-state index contributed by atoms with van der Waals surface area (Å²) in [6.45, 7) is 0. The number of rotatable bonds is 1. The summed E-state index contributed by atoms with van der Waals surface area (Å²) in [5.74, 6) is -0.224. The monoisotopic (exact) mass is 186 g/mol. The number of amides is 1. The van der Waals surface area contributed by atoms with Crippen molar-refractivity contribution in [1.82, 2.24) is 15.3 Å². The highest BCUT2D eigenvalue weighted by Crippen LogP contribution is 2.10. The topological polar surface area (TPSA) is 54.9 Å². The highest BCUT2D eigenvalue weighted by molar-refractivity contribution is 5.97. The van der Waals surface area contributed by atoms with Crippen LogP contribution in [0.1, 0.15) is 10.4 Å². The first-order chi connectivity index (χ1) is 6.81. The van der Waals surface area contributed by atoms with Crippen LogP contribution in [0.15, 0.2) is 30.6 Å². The fraction of sp³-hybridized carbons (Fsp3) is 0. The van der Waals surface area contributed by atoms with E-state index in [0.29, 0.717) is 11.1 Å². The van der Waals surface area contributed by atoms with Crippen molar-refractivity contribution in [3.05, 3.63) is 43.2 Å². The lowest BCUT2D eigenvalue weighted by molar-refractivity contribution is 0.0969. The smallest absolute Gasteiger partial charge is 0.251 e. The van der Waals surface area contributed by atoms with Crippen molar-refractivity contribution < 1.29 is 4.79 Å². The molecule has 2 rings (SSSR count). The Kier molecular flexibility index (Phi) is 2.10. The molecular weight excluding hydrogens is 178 g/mol. The van der Waals surface area contributed by atoms with E-state index in [1.807, 2.05) is 0 Å². The van der Waals surface area contributed by atoms with Gasteiger partial charge in [0.25, 0.3) is 5.91 Å². The number of fused-ring (bicyclic) bond motifs is 1. The molecule has 14 heavy (non-hydrogen) atoms. The fourth-order valence-corrected chi connectivity index (χ4v) is 1.21. The number of nitrogens with one attached hydrogen (secondary N) is 1. The molecule has 1 N–H and O–H groups in total. The minimum absolute atomic E-state index is 0.224. The molecule has 0 atom stereocenters. The van der Waals surface area contributed by atoms with E-state index in [1.165, 1.54) is 0 Å². The third kappa shape index (κ3) is 1.42. The Balaban J connectivity index is 2.56. The number of hydrogen-bond donors (Lipinski definition) is 1. The lowest BCUT2D eigenvalue weighted by atomic mass is 10.2. The van der Waals surface area contributed by atoms with Crippen molar-refractivity contribution in [3.63, 3.8) is 0 Å². The first-order valence-electron chi connectivity index (χ1n) is 4.09. The fourth-order valence-electron chi connectivity index (χ4n) is 1.21. The van der Waals surface area contributed by atoms with Crippen molar-refractivity contribution in [2.24, 2.45) is 0 Å². The van der Waals surface area contributed by atoms with Gasteiger partial charge in [0, 0.05) is 25.0 Å². The van der Waals surface area contributed by atoms with Crippen molar-refractivity contribution >= 4 is 16.9 Å². The molecule has 0 bridgehead atoms. The Morgan fingerprint density at radius 3 is 2.64 bits per heavy atom. The lowest BCUT2D eigenvalue weighted by Gasteiger charge is -2.00. The van der Waals surface area contributed by atoms with E-state index in [1.54, 1.807) is 30.6 Å². The average Bonchev–Trinajstić information content (AvgIpc) is 2.27. The summed E-state index contributed by atoms with van der Waals surface area (Å²) in [5.41, 5.74) is 2.01. The summed E-state index contributed by atoms with van der Waals surface area (Å²) in [4.78, 5) is 19.4. The first kappa shape index (κ1) is 8.62. The number of carbonyl (C=O) groups excluding carboxylic acids is 1. The lowest BCUT2D eigenvalue weighted by Crippen LogP contribution is -2.15. The van der Waals surface area contributed by atoms with Crippen molar-refractivity contribution in [1.29, 1.82) is 0 Å². The summed E-state index contributed by atoms with van der Waals surface area (Å²) < 4.78 is 0. The predicted octanol–water partition coefficient (Wildman–Crippen LogP) is 1.15. The van der Waals surface area contributed by atoms with Crippen molar-refractivity contribution in [2.75, 3.05) is 0 Å². The van der Waals surface area contributed by atoms with Gasteiger partial charge < -0.3 is 5.32 Å². The molecule has 1 aromatic carbocycles. The molecule has 1 radical (unpaired) electrons. The molecule has 0 unspecified atom stereocenters. The summed E-state index contributed by atoms with van der Waals surface area (Å²) >= 11 is 0. The zero-order valence-electron chi connectivity index (χ0n) is 7.40. The Labute approximate surface area is 81.0 Å². The molecule has 4 heteroatoms. The van der Waals surface area contributed by atoms with E-state index in [9.17, 15) is 4.79 Å². The van der Waals surface area contributed by atoms with Crippen LogP contribution in [0.4, 0.5) is 0 Å². The molecule has 0 aliphatic carbocycles. The summed E-state index contributed by atoms with van der Waals surface area (Å²) in [6, 6.07) is 5.13. The van der Waals surface area contributed by atoms with Crippen LogP contribution in [-0.2, 0) is 0 Å². The predicted molar refractivity (Wildman–Crippen MR) is 52.4 cm³/mol. The van der Waals surface area contributed by atoms with Gasteiger partial charge in [0.15, 0.2) is 0 Å². The second-order valence-corrected chi connectivity index (χ2v) is 2.77. The second-order valence-electron chi connectivity index (χ2n) is 2.77. The quantitative estimate of drug-likeness (QED) is 0.726. The minimum atomic E-state index is -0.224. The van der Waals surface area contributed by atoms with Gasteiger partial charge in [0.1, 0.15) is 0 Å². The van der Waals surface area contributed by atoms with E-state index in [0.717, 1.165) is 5.52 Å². The van der Waals surface area contributed by atoms with Crippen LogP contribution < -0.4 is 5.32 Å². The van der Waals surface area contributed by atoms with E-state index in [-0.39, 0.29) is 5.91 Å². The molecule has 0 fully saturated rings. The van der Waals surface area contributed by atoms with E-state index < -0.39 is 0 Å². The number of hydrogen-bond acceptors (Lipinski definition) is 3. The Hall–Kier alpha value is -1.97. The third-order valence-electron chi connectivity index (χ3n) is 1.89. The number of aromatic nitrogens is 2. The largest absolute Gasteiger partial charge is 0.350 e. The van der Waals surface area contributed by atoms with Crippen LogP contribution in [0.25, 0.3) is 11.0 Å². The van der Waals surface area contributed by atoms with Gasteiger partial charge >= 0.3 is 0 Å². The molecule has 0 saturated heterocycles. The van der Waals surface area contributed by atoms with Gasteiger partial charge in [0.05, 0.1) is 11.0 Å². The number of carbonyl (C=O) groups is 1. The molecular formula is C10H8N3O. The minimum Gasteiger partial charge on any atom is -0.350 e.